The van der Waals surface area contributed by atoms with E-state index in [9.17, 15) is 9.18 Å². The van der Waals surface area contributed by atoms with Crippen molar-refractivity contribution in [2.24, 2.45) is 0 Å². The van der Waals surface area contributed by atoms with E-state index in [1.165, 1.54) is 24.3 Å². The molecule has 0 aliphatic carbocycles. The van der Waals surface area contributed by atoms with Gasteiger partial charge in [-0.3, -0.25) is 4.79 Å². The van der Waals surface area contributed by atoms with Crippen LogP contribution >= 0.6 is 11.6 Å². The molecule has 20 heavy (non-hydrogen) atoms. The SMILES string of the molecule is CN(CCCCCO)C(=O)/C=C/c1c(F)cccc1Cl. The molecule has 0 spiro atoms. The van der Waals surface area contributed by atoms with Gasteiger partial charge in [-0.15, -0.1) is 0 Å². The van der Waals surface area contributed by atoms with Gasteiger partial charge in [0.25, 0.3) is 0 Å². The van der Waals surface area contributed by atoms with Gasteiger partial charge in [-0.05, 0) is 37.5 Å². The average Bonchev–Trinajstić information content (AvgIpc) is 2.42. The monoisotopic (exact) mass is 299 g/mol. The lowest BCUT2D eigenvalue weighted by atomic mass is 10.2. The van der Waals surface area contributed by atoms with Crippen molar-refractivity contribution in [1.82, 2.24) is 4.90 Å². The van der Waals surface area contributed by atoms with Gasteiger partial charge >= 0.3 is 0 Å². The van der Waals surface area contributed by atoms with Crippen molar-refractivity contribution in [3.8, 4) is 0 Å². The van der Waals surface area contributed by atoms with Crippen LogP contribution in [0.15, 0.2) is 24.3 Å². The normalized spacial score (nSPS) is 11.0. The van der Waals surface area contributed by atoms with Gasteiger partial charge in [0, 0.05) is 31.8 Å². The maximum Gasteiger partial charge on any atom is 0.246 e. The zero-order valence-electron chi connectivity index (χ0n) is 11.5. The molecular formula is C15H19ClFNO2. The number of unbranched alkanes of at least 4 members (excludes halogenated alkanes) is 2. The summed E-state index contributed by atoms with van der Waals surface area (Å²) in [5, 5.41) is 8.94. The zero-order chi connectivity index (χ0) is 15.0. The molecule has 0 bridgehead atoms. The number of hydrogen-bond donors (Lipinski definition) is 1. The number of carbonyl (C=O) groups excluding carboxylic acids is 1. The van der Waals surface area contributed by atoms with Crippen molar-refractivity contribution in [3.63, 3.8) is 0 Å². The molecular weight excluding hydrogens is 281 g/mol. The summed E-state index contributed by atoms with van der Waals surface area (Å²) in [6.07, 6.45) is 5.15. The maximum absolute atomic E-state index is 13.5. The molecule has 1 amide bonds. The Labute approximate surface area is 123 Å². The highest BCUT2D eigenvalue weighted by Gasteiger charge is 2.07. The van der Waals surface area contributed by atoms with Crippen molar-refractivity contribution in [2.45, 2.75) is 19.3 Å². The number of likely N-dealkylation sites (N-methyl/N-ethyl adjacent to an activating group) is 1. The number of aliphatic hydroxyl groups excluding tert-OH is 1. The lowest BCUT2D eigenvalue weighted by molar-refractivity contribution is -0.124. The molecule has 0 heterocycles. The first-order valence-corrected chi connectivity index (χ1v) is 6.92. The topological polar surface area (TPSA) is 40.5 Å². The molecule has 1 aromatic carbocycles. The van der Waals surface area contributed by atoms with Crippen molar-refractivity contribution >= 4 is 23.6 Å². The first kappa shape index (κ1) is 16.7. The summed E-state index contributed by atoms with van der Waals surface area (Å²) in [4.78, 5) is 13.4. The molecule has 5 heteroatoms. The molecule has 1 aromatic rings. The average molecular weight is 300 g/mol. The Bertz CT molecular complexity index is 457. The number of carbonyl (C=O) groups is 1. The van der Waals surface area contributed by atoms with E-state index in [4.69, 9.17) is 16.7 Å². The standard InChI is InChI=1S/C15H19ClFNO2/c1-18(10-3-2-4-11-19)15(20)9-8-12-13(16)6-5-7-14(12)17/h5-9,19H,2-4,10-11H2,1H3/b9-8+. The molecule has 1 N–H and O–H groups in total. The molecule has 0 radical (unpaired) electrons. The van der Waals surface area contributed by atoms with Gasteiger partial charge in [-0.25, -0.2) is 4.39 Å². The van der Waals surface area contributed by atoms with Crippen molar-refractivity contribution in [3.05, 3.63) is 40.7 Å². The molecule has 0 saturated heterocycles. The lowest BCUT2D eigenvalue weighted by Gasteiger charge is -2.14. The summed E-state index contributed by atoms with van der Waals surface area (Å²) in [5.74, 6) is -0.652. The number of amides is 1. The van der Waals surface area contributed by atoms with Crippen LogP contribution in [-0.2, 0) is 4.79 Å². The number of hydrogen-bond acceptors (Lipinski definition) is 2. The van der Waals surface area contributed by atoms with Gasteiger partial charge in [0.2, 0.25) is 5.91 Å². The van der Waals surface area contributed by atoms with Gasteiger partial charge in [0.1, 0.15) is 5.82 Å². The maximum atomic E-state index is 13.5. The fourth-order valence-electron chi connectivity index (χ4n) is 1.70. The van der Waals surface area contributed by atoms with Gasteiger partial charge in [0.05, 0.1) is 5.02 Å². The van der Waals surface area contributed by atoms with Crippen molar-refractivity contribution in [1.29, 1.82) is 0 Å². The molecule has 0 aliphatic heterocycles. The molecule has 0 aromatic heterocycles. The van der Waals surface area contributed by atoms with Crippen LogP contribution in [0.3, 0.4) is 0 Å². The minimum Gasteiger partial charge on any atom is -0.396 e. The second-order valence-electron chi connectivity index (χ2n) is 4.51. The summed E-state index contributed by atoms with van der Waals surface area (Å²) in [7, 11) is 1.69. The van der Waals surface area contributed by atoms with Crippen LogP contribution in [0.4, 0.5) is 4.39 Å². The van der Waals surface area contributed by atoms with Crippen LogP contribution in [0.1, 0.15) is 24.8 Å². The Morgan fingerprint density at radius 2 is 2.15 bits per heavy atom. The van der Waals surface area contributed by atoms with E-state index in [1.807, 2.05) is 0 Å². The molecule has 110 valence electrons. The minimum atomic E-state index is -0.452. The van der Waals surface area contributed by atoms with Gasteiger partial charge in [-0.2, -0.15) is 0 Å². The number of benzene rings is 1. The highest BCUT2D eigenvalue weighted by Crippen LogP contribution is 2.20. The summed E-state index contributed by atoms with van der Waals surface area (Å²) in [5.41, 5.74) is 0.219. The second kappa shape index (κ2) is 8.72. The quantitative estimate of drug-likeness (QED) is 0.621. The van der Waals surface area contributed by atoms with E-state index in [1.54, 1.807) is 18.0 Å². The number of rotatable bonds is 7. The Morgan fingerprint density at radius 3 is 2.80 bits per heavy atom. The third-order valence-corrected chi connectivity index (χ3v) is 3.25. The number of nitrogens with zero attached hydrogens (tertiary/aromatic N) is 1. The van der Waals surface area contributed by atoms with E-state index in [0.717, 1.165) is 19.3 Å². The fraction of sp³-hybridized carbons (Fsp3) is 0.400. The first-order valence-electron chi connectivity index (χ1n) is 6.54. The van der Waals surface area contributed by atoms with E-state index in [2.05, 4.69) is 0 Å². The summed E-state index contributed by atoms with van der Waals surface area (Å²) in [6, 6.07) is 4.39. The van der Waals surface area contributed by atoms with Gasteiger partial charge in [-0.1, -0.05) is 17.7 Å². The Balaban J connectivity index is 2.54. The largest absolute Gasteiger partial charge is 0.396 e. The van der Waals surface area contributed by atoms with Crippen LogP contribution in [0.25, 0.3) is 6.08 Å². The highest BCUT2D eigenvalue weighted by molar-refractivity contribution is 6.32. The van der Waals surface area contributed by atoms with Crippen LogP contribution in [0.2, 0.25) is 5.02 Å². The molecule has 0 saturated carbocycles. The fourth-order valence-corrected chi connectivity index (χ4v) is 1.93. The first-order chi connectivity index (χ1) is 9.56. The molecule has 1 rings (SSSR count). The summed E-state index contributed by atoms with van der Waals surface area (Å²) >= 11 is 5.87. The van der Waals surface area contributed by atoms with Gasteiger partial charge in [0.15, 0.2) is 0 Å². The van der Waals surface area contributed by atoms with Crippen LogP contribution < -0.4 is 0 Å². The van der Waals surface area contributed by atoms with E-state index in [0.29, 0.717) is 6.54 Å². The van der Waals surface area contributed by atoms with Crippen LogP contribution in [0.5, 0.6) is 0 Å². The van der Waals surface area contributed by atoms with Crippen LogP contribution in [-0.4, -0.2) is 36.1 Å². The van der Waals surface area contributed by atoms with Crippen molar-refractivity contribution < 1.29 is 14.3 Å². The summed E-state index contributed by atoms with van der Waals surface area (Å²) in [6.45, 7) is 0.775. The number of halogens is 2. The van der Waals surface area contributed by atoms with E-state index in [-0.39, 0.29) is 23.1 Å². The smallest absolute Gasteiger partial charge is 0.246 e. The molecule has 0 aliphatic rings. The Kier molecular flexibility index (Phi) is 7.26. The molecule has 0 atom stereocenters. The van der Waals surface area contributed by atoms with Crippen molar-refractivity contribution in [2.75, 3.05) is 20.2 Å². The third-order valence-electron chi connectivity index (χ3n) is 2.92. The molecule has 0 fully saturated rings. The second-order valence-corrected chi connectivity index (χ2v) is 4.92. The Hall–Kier alpha value is -1.39. The molecule has 3 nitrogen and oxygen atoms in total. The summed E-state index contributed by atoms with van der Waals surface area (Å²) < 4.78 is 13.5. The zero-order valence-corrected chi connectivity index (χ0v) is 12.2. The van der Waals surface area contributed by atoms with Crippen LogP contribution in [0, 0.1) is 5.82 Å². The van der Waals surface area contributed by atoms with E-state index >= 15 is 0 Å². The Morgan fingerprint density at radius 1 is 1.40 bits per heavy atom. The predicted octanol–water partition coefficient (Wildman–Crippen LogP) is 3.11. The van der Waals surface area contributed by atoms with E-state index < -0.39 is 5.82 Å². The van der Waals surface area contributed by atoms with Gasteiger partial charge < -0.3 is 10.0 Å². The number of aliphatic hydroxyl groups is 1. The lowest BCUT2D eigenvalue weighted by Crippen LogP contribution is -2.25. The third kappa shape index (κ3) is 5.31. The molecule has 0 unspecified atom stereocenters. The predicted molar refractivity (Wildman–Crippen MR) is 79.0 cm³/mol. The minimum absolute atomic E-state index is 0.170. The highest BCUT2D eigenvalue weighted by atomic mass is 35.5.